The molecule has 1 aromatic rings. The summed E-state index contributed by atoms with van der Waals surface area (Å²) in [5, 5.41) is 8.89. The lowest BCUT2D eigenvalue weighted by Gasteiger charge is -2.12. The van der Waals surface area contributed by atoms with Gasteiger partial charge in [0.2, 0.25) is 0 Å². The molecule has 14 heavy (non-hydrogen) atoms. The van der Waals surface area contributed by atoms with Gasteiger partial charge < -0.3 is 16.6 Å². The molecule has 1 rings (SSSR count). The maximum Gasteiger partial charge on any atom is 0.102 e. The second-order valence-corrected chi connectivity index (χ2v) is 3.59. The van der Waals surface area contributed by atoms with E-state index in [4.69, 9.17) is 16.6 Å². The fraction of sp³-hybridized carbons (Fsp3) is 0.455. The van der Waals surface area contributed by atoms with Gasteiger partial charge in [-0.15, -0.1) is 0 Å². The minimum Gasteiger partial charge on any atom is -0.379 e. The van der Waals surface area contributed by atoms with Gasteiger partial charge in [0.15, 0.2) is 0 Å². The number of hydrogen-bond acceptors (Lipinski definition) is 3. The van der Waals surface area contributed by atoms with Gasteiger partial charge in [0.05, 0.1) is 0 Å². The van der Waals surface area contributed by atoms with Crippen molar-refractivity contribution in [3.05, 3.63) is 35.9 Å². The van der Waals surface area contributed by atoms with Crippen LogP contribution in [0, 0.1) is 0 Å². The number of nitrogens with two attached hydrogens (primary N) is 2. The Balaban J connectivity index is 2.30. The zero-order valence-electron chi connectivity index (χ0n) is 8.26. The number of aliphatic hydroxyl groups excluding tert-OH is 1. The summed E-state index contributed by atoms with van der Waals surface area (Å²) in [5.74, 6) is 0. The topological polar surface area (TPSA) is 72.3 Å². The molecule has 0 spiro atoms. The molecule has 3 nitrogen and oxygen atoms in total. The van der Waals surface area contributed by atoms with E-state index in [1.54, 1.807) is 0 Å². The molecule has 0 aromatic heterocycles. The lowest BCUT2D eigenvalue weighted by Crippen LogP contribution is -2.27. The zero-order chi connectivity index (χ0) is 10.4. The highest BCUT2D eigenvalue weighted by Crippen LogP contribution is 2.05. The van der Waals surface area contributed by atoms with Crippen LogP contribution in [0.3, 0.4) is 0 Å². The molecule has 78 valence electrons. The van der Waals surface area contributed by atoms with E-state index in [0.717, 1.165) is 12.8 Å². The Morgan fingerprint density at radius 3 is 2.29 bits per heavy atom. The number of aliphatic hydroxyl groups is 1. The summed E-state index contributed by atoms with van der Waals surface area (Å²) >= 11 is 0. The van der Waals surface area contributed by atoms with E-state index >= 15 is 0 Å². The van der Waals surface area contributed by atoms with Gasteiger partial charge in [0, 0.05) is 6.04 Å². The first kappa shape index (κ1) is 11.2. The van der Waals surface area contributed by atoms with Gasteiger partial charge in [-0.2, -0.15) is 0 Å². The predicted molar refractivity (Wildman–Crippen MR) is 57.5 cm³/mol. The molecule has 3 heteroatoms. The van der Waals surface area contributed by atoms with Crippen LogP contribution < -0.4 is 11.5 Å². The van der Waals surface area contributed by atoms with Crippen LogP contribution in [-0.2, 0) is 6.42 Å². The summed E-state index contributed by atoms with van der Waals surface area (Å²) < 4.78 is 0. The van der Waals surface area contributed by atoms with Gasteiger partial charge in [-0.1, -0.05) is 30.3 Å². The van der Waals surface area contributed by atoms with Crippen LogP contribution in [0.4, 0.5) is 0 Å². The maximum absolute atomic E-state index is 8.89. The molecule has 0 saturated carbocycles. The van der Waals surface area contributed by atoms with Gasteiger partial charge in [0.1, 0.15) is 6.23 Å². The molecule has 0 aliphatic carbocycles. The Morgan fingerprint density at radius 1 is 1.07 bits per heavy atom. The fourth-order valence-corrected chi connectivity index (χ4v) is 1.40. The first-order chi connectivity index (χ1) is 6.68. The Labute approximate surface area is 84.7 Å². The SMILES string of the molecule is NC(O)CCC(N)Cc1ccccc1. The van der Waals surface area contributed by atoms with Crippen molar-refractivity contribution in [3.63, 3.8) is 0 Å². The molecule has 0 radical (unpaired) electrons. The van der Waals surface area contributed by atoms with Crippen LogP contribution >= 0.6 is 0 Å². The third-order valence-electron chi connectivity index (χ3n) is 2.17. The van der Waals surface area contributed by atoms with Gasteiger partial charge in [-0.05, 0) is 24.8 Å². The standard InChI is InChI=1S/C11H18N2O/c12-10(6-7-11(13)14)8-9-4-2-1-3-5-9/h1-5,10-11,14H,6-8,12-13H2. The van der Waals surface area contributed by atoms with E-state index in [1.807, 2.05) is 18.2 Å². The van der Waals surface area contributed by atoms with Crippen molar-refractivity contribution in [2.24, 2.45) is 11.5 Å². The normalized spacial score (nSPS) is 15.1. The highest BCUT2D eigenvalue weighted by atomic mass is 16.3. The number of hydrogen-bond donors (Lipinski definition) is 3. The smallest absolute Gasteiger partial charge is 0.102 e. The van der Waals surface area contributed by atoms with E-state index in [0.29, 0.717) is 6.42 Å². The van der Waals surface area contributed by atoms with Crippen LogP contribution in [0.5, 0.6) is 0 Å². The first-order valence-electron chi connectivity index (χ1n) is 4.91. The lowest BCUT2D eigenvalue weighted by molar-refractivity contribution is 0.166. The molecule has 1 aromatic carbocycles. The summed E-state index contributed by atoms with van der Waals surface area (Å²) in [4.78, 5) is 0. The summed E-state index contributed by atoms with van der Waals surface area (Å²) in [5.41, 5.74) is 12.3. The molecule has 0 fully saturated rings. The summed E-state index contributed by atoms with van der Waals surface area (Å²) in [7, 11) is 0. The molecule has 0 amide bonds. The highest BCUT2D eigenvalue weighted by Gasteiger charge is 2.05. The van der Waals surface area contributed by atoms with Crippen molar-refractivity contribution >= 4 is 0 Å². The molecule has 2 unspecified atom stereocenters. The van der Waals surface area contributed by atoms with E-state index in [1.165, 1.54) is 5.56 Å². The van der Waals surface area contributed by atoms with E-state index in [-0.39, 0.29) is 6.04 Å². The zero-order valence-corrected chi connectivity index (χ0v) is 8.26. The van der Waals surface area contributed by atoms with Crippen molar-refractivity contribution in [1.29, 1.82) is 0 Å². The second kappa shape index (κ2) is 5.75. The Kier molecular flexibility index (Phi) is 4.59. The predicted octanol–water partition coefficient (Wildman–Crippen LogP) is 0.614. The second-order valence-electron chi connectivity index (χ2n) is 3.59. The van der Waals surface area contributed by atoms with Gasteiger partial charge >= 0.3 is 0 Å². The molecule has 0 aliphatic heterocycles. The lowest BCUT2D eigenvalue weighted by atomic mass is 10.0. The molecule has 5 N–H and O–H groups in total. The quantitative estimate of drug-likeness (QED) is 0.601. The van der Waals surface area contributed by atoms with Gasteiger partial charge in [-0.3, -0.25) is 0 Å². The van der Waals surface area contributed by atoms with E-state index in [9.17, 15) is 0 Å². The van der Waals surface area contributed by atoms with Gasteiger partial charge in [0.25, 0.3) is 0 Å². The Hall–Kier alpha value is -0.900. The van der Waals surface area contributed by atoms with Gasteiger partial charge in [-0.25, -0.2) is 0 Å². The van der Waals surface area contributed by atoms with Crippen molar-refractivity contribution in [2.45, 2.75) is 31.5 Å². The Bertz CT molecular complexity index is 249. The monoisotopic (exact) mass is 194 g/mol. The van der Waals surface area contributed by atoms with Crippen LogP contribution in [0.2, 0.25) is 0 Å². The molecular weight excluding hydrogens is 176 g/mol. The Morgan fingerprint density at radius 2 is 1.71 bits per heavy atom. The number of rotatable bonds is 5. The molecule has 2 atom stereocenters. The van der Waals surface area contributed by atoms with E-state index in [2.05, 4.69) is 12.1 Å². The largest absolute Gasteiger partial charge is 0.379 e. The molecule has 0 saturated heterocycles. The van der Waals surface area contributed by atoms with E-state index < -0.39 is 6.23 Å². The van der Waals surface area contributed by atoms with Crippen LogP contribution in [0.1, 0.15) is 18.4 Å². The summed E-state index contributed by atoms with van der Waals surface area (Å²) in [6.45, 7) is 0. The van der Waals surface area contributed by atoms with Crippen LogP contribution in [0.25, 0.3) is 0 Å². The average molecular weight is 194 g/mol. The van der Waals surface area contributed by atoms with Crippen molar-refractivity contribution in [1.82, 2.24) is 0 Å². The third-order valence-corrected chi connectivity index (χ3v) is 2.17. The molecule has 0 heterocycles. The third kappa shape index (κ3) is 4.37. The fourth-order valence-electron chi connectivity index (χ4n) is 1.40. The number of benzene rings is 1. The van der Waals surface area contributed by atoms with Crippen LogP contribution in [0.15, 0.2) is 30.3 Å². The van der Waals surface area contributed by atoms with Crippen LogP contribution in [-0.4, -0.2) is 17.4 Å². The van der Waals surface area contributed by atoms with Crippen molar-refractivity contribution in [3.8, 4) is 0 Å². The highest BCUT2D eigenvalue weighted by molar-refractivity contribution is 5.15. The minimum atomic E-state index is -0.739. The maximum atomic E-state index is 8.89. The molecule has 0 aliphatic rings. The summed E-state index contributed by atoms with van der Waals surface area (Å²) in [6, 6.07) is 10.2. The summed E-state index contributed by atoms with van der Waals surface area (Å²) in [6.07, 6.45) is 1.42. The van der Waals surface area contributed by atoms with Crippen molar-refractivity contribution in [2.75, 3.05) is 0 Å². The minimum absolute atomic E-state index is 0.0793. The van der Waals surface area contributed by atoms with Crippen molar-refractivity contribution < 1.29 is 5.11 Å². The first-order valence-corrected chi connectivity index (χ1v) is 4.91. The molecular formula is C11H18N2O. The molecule has 0 bridgehead atoms. The average Bonchev–Trinajstić information content (AvgIpc) is 2.16.